The highest BCUT2D eigenvalue weighted by Crippen LogP contribution is 2.32. The first kappa shape index (κ1) is 18.7. The van der Waals surface area contributed by atoms with Crippen LogP contribution < -0.4 is 19.1 Å². The molecule has 2 aliphatic heterocycles. The number of piperazine rings is 1. The second-order valence-electron chi connectivity index (χ2n) is 7.38. The molecule has 0 atom stereocenters. The zero-order valence-corrected chi connectivity index (χ0v) is 16.9. The van der Waals surface area contributed by atoms with Gasteiger partial charge in [-0.05, 0) is 40.3 Å². The molecule has 1 fully saturated rings. The van der Waals surface area contributed by atoms with Gasteiger partial charge in [-0.3, -0.25) is 4.90 Å². The lowest BCUT2D eigenvalue weighted by molar-refractivity contribution is 0.174. The zero-order chi connectivity index (χ0) is 20.3. The molecule has 156 valence electrons. The van der Waals surface area contributed by atoms with Crippen LogP contribution in [-0.2, 0) is 13.1 Å². The van der Waals surface area contributed by atoms with Crippen LogP contribution in [0, 0.1) is 0 Å². The van der Waals surface area contributed by atoms with Crippen molar-refractivity contribution in [2.75, 3.05) is 45.0 Å². The lowest BCUT2D eigenvalue weighted by Crippen LogP contribution is -2.46. The molecule has 2 aromatic carbocycles. The van der Waals surface area contributed by atoms with Gasteiger partial charge in [0.15, 0.2) is 17.3 Å². The number of tetrazole rings is 1. The predicted molar refractivity (Wildman–Crippen MR) is 110 cm³/mol. The minimum Gasteiger partial charge on any atom is -0.495 e. The van der Waals surface area contributed by atoms with Crippen LogP contribution in [0.2, 0.25) is 0 Å². The fraction of sp³-hybridized carbons (Fsp3) is 0.381. The van der Waals surface area contributed by atoms with Gasteiger partial charge in [0, 0.05) is 26.2 Å². The van der Waals surface area contributed by atoms with Gasteiger partial charge >= 0.3 is 0 Å². The largest absolute Gasteiger partial charge is 0.495 e. The first-order valence-corrected chi connectivity index (χ1v) is 10.0. The van der Waals surface area contributed by atoms with Gasteiger partial charge in [-0.2, -0.15) is 0 Å². The van der Waals surface area contributed by atoms with Crippen LogP contribution in [0.3, 0.4) is 0 Å². The van der Waals surface area contributed by atoms with Crippen molar-refractivity contribution >= 4 is 5.69 Å². The molecule has 0 unspecified atom stereocenters. The fourth-order valence-electron chi connectivity index (χ4n) is 3.91. The highest BCUT2D eigenvalue weighted by Gasteiger charge is 2.21. The maximum absolute atomic E-state index is 5.51. The average Bonchev–Trinajstić information content (AvgIpc) is 3.43. The van der Waals surface area contributed by atoms with Crippen LogP contribution in [0.15, 0.2) is 42.5 Å². The van der Waals surface area contributed by atoms with Crippen molar-refractivity contribution in [1.82, 2.24) is 25.1 Å². The normalized spacial score (nSPS) is 16.1. The highest BCUT2D eigenvalue weighted by atomic mass is 16.7. The van der Waals surface area contributed by atoms with Crippen molar-refractivity contribution in [3.63, 3.8) is 0 Å². The maximum Gasteiger partial charge on any atom is 0.231 e. The maximum atomic E-state index is 5.51. The minimum atomic E-state index is 0.274. The molecule has 3 heterocycles. The number of benzene rings is 2. The summed E-state index contributed by atoms with van der Waals surface area (Å²) in [6.45, 7) is 5.34. The Hall–Kier alpha value is -3.33. The molecule has 0 bridgehead atoms. The molecule has 0 saturated carbocycles. The molecule has 2 aliphatic rings. The SMILES string of the molecule is COc1ccccc1N1CCN(Cc2nnnn2Cc2ccc3c(c2)OCO3)CC1. The number of hydrogen-bond donors (Lipinski definition) is 0. The van der Waals surface area contributed by atoms with E-state index in [9.17, 15) is 0 Å². The van der Waals surface area contributed by atoms with Gasteiger partial charge in [-0.25, -0.2) is 4.68 Å². The minimum absolute atomic E-state index is 0.274. The lowest BCUT2D eigenvalue weighted by atomic mass is 10.2. The van der Waals surface area contributed by atoms with Crippen molar-refractivity contribution in [3.8, 4) is 17.2 Å². The Labute approximate surface area is 174 Å². The summed E-state index contributed by atoms with van der Waals surface area (Å²) in [5.41, 5.74) is 2.22. The van der Waals surface area contributed by atoms with Gasteiger partial charge in [0.05, 0.1) is 25.9 Å². The van der Waals surface area contributed by atoms with Crippen molar-refractivity contribution in [2.45, 2.75) is 13.1 Å². The molecule has 9 nitrogen and oxygen atoms in total. The van der Waals surface area contributed by atoms with Gasteiger partial charge in [0.1, 0.15) is 5.75 Å². The third-order valence-corrected chi connectivity index (χ3v) is 5.54. The number of rotatable bonds is 6. The second kappa shape index (κ2) is 8.19. The summed E-state index contributed by atoms with van der Waals surface area (Å²) in [4.78, 5) is 4.75. The number of nitrogens with zero attached hydrogens (tertiary/aromatic N) is 6. The van der Waals surface area contributed by atoms with Crippen LogP contribution in [0.1, 0.15) is 11.4 Å². The molecule has 3 aromatic rings. The van der Waals surface area contributed by atoms with Gasteiger partial charge in [-0.15, -0.1) is 5.10 Å². The first-order chi connectivity index (χ1) is 14.8. The molecule has 1 aromatic heterocycles. The number of methoxy groups -OCH3 is 1. The Morgan fingerprint density at radius 2 is 1.80 bits per heavy atom. The van der Waals surface area contributed by atoms with E-state index in [2.05, 4.69) is 37.5 Å². The smallest absolute Gasteiger partial charge is 0.231 e. The van der Waals surface area contributed by atoms with E-state index in [1.165, 1.54) is 0 Å². The summed E-state index contributed by atoms with van der Waals surface area (Å²) in [6, 6.07) is 14.1. The third-order valence-electron chi connectivity index (χ3n) is 5.54. The number of hydrogen-bond acceptors (Lipinski definition) is 8. The Morgan fingerprint density at radius 1 is 0.967 bits per heavy atom. The molecule has 30 heavy (non-hydrogen) atoms. The molecule has 5 rings (SSSR count). The molecule has 0 amide bonds. The van der Waals surface area contributed by atoms with Crippen LogP contribution in [0.4, 0.5) is 5.69 Å². The van der Waals surface area contributed by atoms with Gasteiger partial charge in [-0.1, -0.05) is 18.2 Å². The zero-order valence-electron chi connectivity index (χ0n) is 16.9. The van der Waals surface area contributed by atoms with Gasteiger partial charge < -0.3 is 19.1 Å². The summed E-state index contributed by atoms with van der Waals surface area (Å²) in [6.07, 6.45) is 0. The van der Waals surface area contributed by atoms with Crippen LogP contribution in [-0.4, -0.2) is 65.2 Å². The summed E-state index contributed by atoms with van der Waals surface area (Å²) < 4.78 is 18.2. The van der Waals surface area contributed by atoms with Gasteiger partial charge in [0.2, 0.25) is 6.79 Å². The third kappa shape index (κ3) is 3.76. The van der Waals surface area contributed by atoms with Gasteiger partial charge in [0.25, 0.3) is 0 Å². The van der Waals surface area contributed by atoms with E-state index in [1.54, 1.807) is 7.11 Å². The van der Waals surface area contributed by atoms with E-state index in [1.807, 2.05) is 35.0 Å². The Balaban J connectivity index is 1.21. The van der Waals surface area contributed by atoms with E-state index < -0.39 is 0 Å². The number of para-hydroxylation sites is 2. The number of fused-ring (bicyclic) bond motifs is 1. The molecular formula is C21H24N6O3. The van der Waals surface area contributed by atoms with Crippen LogP contribution in [0.25, 0.3) is 0 Å². The lowest BCUT2D eigenvalue weighted by Gasteiger charge is -2.36. The topological polar surface area (TPSA) is 77.8 Å². The highest BCUT2D eigenvalue weighted by molar-refractivity contribution is 5.58. The van der Waals surface area contributed by atoms with Crippen molar-refractivity contribution in [1.29, 1.82) is 0 Å². The first-order valence-electron chi connectivity index (χ1n) is 10.0. The Kier molecular flexibility index (Phi) is 5.10. The fourth-order valence-corrected chi connectivity index (χ4v) is 3.91. The van der Waals surface area contributed by atoms with Crippen molar-refractivity contribution in [2.24, 2.45) is 0 Å². The number of anilines is 1. The van der Waals surface area contributed by atoms with Crippen LogP contribution >= 0.6 is 0 Å². The standard InChI is InChI=1S/C21H24N6O3/c1-28-18-5-3-2-4-17(18)26-10-8-25(9-11-26)14-21-22-23-24-27(21)13-16-6-7-19-20(12-16)30-15-29-19/h2-7,12H,8-11,13-15H2,1H3. The Bertz CT molecular complexity index is 1020. The number of aromatic nitrogens is 4. The van der Waals surface area contributed by atoms with Crippen molar-refractivity contribution in [3.05, 3.63) is 53.9 Å². The summed E-state index contributed by atoms with van der Waals surface area (Å²) in [7, 11) is 1.72. The molecular weight excluding hydrogens is 384 g/mol. The molecule has 0 aliphatic carbocycles. The summed E-state index contributed by atoms with van der Waals surface area (Å²) in [5, 5.41) is 12.3. The van der Waals surface area contributed by atoms with E-state index in [-0.39, 0.29) is 6.79 Å². The quantitative estimate of drug-likeness (QED) is 0.611. The van der Waals surface area contributed by atoms with E-state index >= 15 is 0 Å². The van der Waals surface area contributed by atoms with E-state index in [4.69, 9.17) is 14.2 Å². The summed E-state index contributed by atoms with van der Waals surface area (Å²) >= 11 is 0. The average molecular weight is 408 g/mol. The van der Waals surface area contributed by atoms with E-state index in [0.717, 1.165) is 67.0 Å². The molecule has 0 N–H and O–H groups in total. The molecule has 9 heteroatoms. The summed E-state index contributed by atoms with van der Waals surface area (Å²) in [5.74, 6) is 3.33. The van der Waals surface area contributed by atoms with Crippen LogP contribution in [0.5, 0.6) is 17.2 Å². The molecule has 0 radical (unpaired) electrons. The Morgan fingerprint density at radius 3 is 2.67 bits per heavy atom. The monoisotopic (exact) mass is 408 g/mol. The van der Waals surface area contributed by atoms with Crippen molar-refractivity contribution < 1.29 is 14.2 Å². The van der Waals surface area contributed by atoms with E-state index in [0.29, 0.717) is 6.54 Å². The molecule has 0 spiro atoms. The predicted octanol–water partition coefficient (Wildman–Crippen LogP) is 1.78. The second-order valence-corrected chi connectivity index (χ2v) is 7.38. The molecule has 1 saturated heterocycles. The number of ether oxygens (including phenoxy) is 3.